The monoisotopic (exact) mass is 514 g/mol. The van der Waals surface area contributed by atoms with Crippen molar-refractivity contribution in [2.24, 2.45) is 0 Å². The van der Waals surface area contributed by atoms with E-state index < -0.39 is 0 Å². The molecule has 0 atom stereocenters. The van der Waals surface area contributed by atoms with Gasteiger partial charge >= 0.3 is 0 Å². The van der Waals surface area contributed by atoms with Crippen molar-refractivity contribution >= 4 is 0 Å². The smallest absolute Gasteiger partial charge is 0.0181 e. The summed E-state index contributed by atoms with van der Waals surface area (Å²) in [6.07, 6.45) is 0. The number of benzene rings is 6. The van der Waals surface area contributed by atoms with Gasteiger partial charge in [0.05, 0.1) is 0 Å². The van der Waals surface area contributed by atoms with Gasteiger partial charge in [-0.1, -0.05) is 133 Å². The SMILES string of the molecule is Cc1ccc(-c2ccc(-c3ccc(-c4ccc(-c5ccc(-c6ccc(C)c(C)c6)cc5)cc4)cc3)cc2)cc1C. The van der Waals surface area contributed by atoms with Crippen LogP contribution in [-0.2, 0) is 0 Å². The van der Waals surface area contributed by atoms with Crippen LogP contribution < -0.4 is 0 Å². The fourth-order valence-electron chi connectivity index (χ4n) is 5.26. The van der Waals surface area contributed by atoms with E-state index in [1.165, 1.54) is 77.9 Å². The summed E-state index contributed by atoms with van der Waals surface area (Å²) < 4.78 is 0. The van der Waals surface area contributed by atoms with Crippen LogP contribution in [0.25, 0.3) is 55.6 Å². The molecular weight excluding hydrogens is 480 g/mol. The van der Waals surface area contributed by atoms with E-state index in [2.05, 4.69) is 161 Å². The number of hydrogen-bond acceptors (Lipinski definition) is 0. The van der Waals surface area contributed by atoms with Gasteiger partial charge in [-0.3, -0.25) is 0 Å². The van der Waals surface area contributed by atoms with E-state index in [1.807, 2.05) is 0 Å². The molecule has 0 aliphatic heterocycles. The van der Waals surface area contributed by atoms with E-state index in [1.54, 1.807) is 0 Å². The Labute approximate surface area is 238 Å². The maximum atomic E-state index is 2.27. The summed E-state index contributed by atoms with van der Waals surface area (Å²) in [7, 11) is 0. The van der Waals surface area contributed by atoms with Gasteiger partial charge in [-0.25, -0.2) is 0 Å². The van der Waals surface area contributed by atoms with Gasteiger partial charge in [0.25, 0.3) is 0 Å². The molecule has 0 saturated carbocycles. The molecule has 0 amide bonds. The molecule has 0 aromatic heterocycles. The predicted molar refractivity (Wildman–Crippen MR) is 173 cm³/mol. The normalized spacial score (nSPS) is 11.0. The number of aryl methyl sites for hydroxylation is 4. The first-order valence-corrected chi connectivity index (χ1v) is 14.0. The topological polar surface area (TPSA) is 0 Å². The van der Waals surface area contributed by atoms with Gasteiger partial charge in [0.2, 0.25) is 0 Å². The lowest BCUT2D eigenvalue weighted by atomic mass is 9.95. The zero-order chi connectivity index (χ0) is 27.6. The molecule has 194 valence electrons. The molecule has 40 heavy (non-hydrogen) atoms. The van der Waals surface area contributed by atoms with Gasteiger partial charge in [0, 0.05) is 0 Å². The Balaban J connectivity index is 1.16. The van der Waals surface area contributed by atoms with Crippen LogP contribution in [0.2, 0.25) is 0 Å². The molecule has 0 saturated heterocycles. The average Bonchev–Trinajstić information content (AvgIpc) is 3.00. The Bertz CT molecular complexity index is 1630. The lowest BCUT2D eigenvalue weighted by Gasteiger charge is -2.09. The van der Waals surface area contributed by atoms with Gasteiger partial charge < -0.3 is 0 Å². The molecule has 0 fully saturated rings. The second-order valence-electron chi connectivity index (χ2n) is 10.9. The van der Waals surface area contributed by atoms with Crippen LogP contribution in [-0.4, -0.2) is 0 Å². The molecule has 6 rings (SSSR count). The lowest BCUT2D eigenvalue weighted by molar-refractivity contribution is 1.34. The highest BCUT2D eigenvalue weighted by molar-refractivity contribution is 5.76. The maximum Gasteiger partial charge on any atom is -0.0181 e. The van der Waals surface area contributed by atoms with Crippen molar-refractivity contribution in [1.29, 1.82) is 0 Å². The summed E-state index contributed by atoms with van der Waals surface area (Å²) in [6.45, 7) is 8.66. The largest absolute Gasteiger partial charge is 0.0584 e. The molecule has 0 bridgehead atoms. The minimum absolute atomic E-state index is 1.23. The van der Waals surface area contributed by atoms with Crippen molar-refractivity contribution in [2.75, 3.05) is 0 Å². The highest BCUT2D eigenvalue weighted by atomic mass is 14.1. The first-order chi connectivity index (χ1) is 19.4. The van der Waals surface area contributed by atoms with E-state index in [0.717, 1.165) is 0 Å². The van der Waals surface area contributed by atoms with Gasteiger partial charge in [-0.2, -0.15) is 0 Å². The van der Waals surface area contributed by atoms with Gasteiger partial charge in [0.1, 0.15) is 0 Å². The quantitative estimate of drug-likeness (QED) is 0.215. The molecular formula is C40H34. The van der Waals surface area contributed by atoms with E-state index in [0.29, 0.717) is 0 Å². The van der Waals surface area contributed by atoms with Crippen LogP contribution in [0.15, 0.2) is 133 Å². The van der Waals surface area contributed by atoms with E-state index in [9.17, 15) is 0 Å². The van der Waals surface area contributed by atoms with Gasteiger partial charge in [-0.15, -0.1) is 0 Å². The van der Waals surface area contributed by atoms with Gasteiger partial charge in [0.15, 0.2) is 0 Å². The molecule has 0 heteroatoms. The Kier molecular flexibility index (Phi) is 6.93. The minimum atomic E-state index is 1.23. The third kappa shape index (κ3) is 5.26. The molecule has 0 aliphatic rings. The van der Waals surface area contributed by atoms with Crippen molar-refractivity contribution in [3.63, 3.8) is 0 Å². The summed E-state index contributed by atoms with van der Waals surface area (Å²) in [6, 6.07) is 48.9. The second-order valence-corrected chi connectivity index (χ2v) is 10.9. The third-order valence-corrected chi connectivity index (χ3v) is 8.22. The van der Waals surface area contributed by atoms with Crippen LogP contribution in [0.4, 0.5) is 0 Å². The Hall–Kier alpha value is -4.68. The highest BCUT2D eigenvalue weighted by Crippen LogP contribution is 2.31. The van der Waals surface area contributed by atoms with Crippen LogP contribution in [0.1, 0.15) is 22.3 Å². The van der Waals surface area contributed by atoms with E-state index in [4.69, 9.17) is 0 Å². The van der Waals surface area contributed by atoms with Crippen molar-refractivity contribution in [2.45, 2.75) is 27.7 Å². The van der Waals surface area contributed by atoms with Crippen LogP contribution in [0.5, 0.6) is 0 Å². The summed E-state index contributed by atoms with van der Waals surface area (Å²) in [5, 5.41) is 0. The first-order valence-electron chi connectivity index (χ1n) is 14.0. The van der Waals surface area contributed by atoms with Crippen LogP contribution >= 0.6 is 0 Å². The third-order valence-electron chi connectivity index (χ3n) is 8.22. The van der Waals surface area contributed by atoms with Crippen molar-refractivity contribution in [3.8, 4) is 55.6 Å². The van der Waals surface area contributed by atoms with Gasteiger partial charge in [-0.05, 0) is 106 Å². The molecule has 0 heterocycles. The molecule has 0 unspecified atom stereocenters. The second kappa shape index (κ2) is 10.8. The highest BCUT2D eigenvalue weighted by Gasteiger charge is 2.06. The Morgan fingerprint density at radius 1 is 0.200 bits per heavy atom. The zero-order valence-electron chi connectivity index (χ0n) is 23.7. The molecule has 0 radical (unpaired) electrons. The number of hydrogen-bond donors (Lipinski definition) is 0. The van der Waals surface area contributed by atoms with Crippen molar-refractivity contribution in [3.05, 3.63) is 156 Å². The van der Waals surface area contributed by atoms with Crippen LogP contribution in [0.3, 0.4) is 0 Å². The first kappa shape index (κ1) is 25.6. The summed E-state index contributed by atoms with van der Waals surface area (Å²) >= 11 is 0. The summed E-state index contributed by atoms with van der Waals surface area (Å²) in [5.41, 5.74) is 17.8. The fraction of sp³-hybridized carbons (Fsp3) is 0.100. The van der Waals surface area contributed by atoms with Crippen LogP contribution in [0, 0.1) is 27.7 Å². The average molecular weight is 515 g/mol. The maximum absolute atomic E-state index is 2.27. The Morgan fingerprint density at radius 2 is 0.375 bits per heavy atom. The minimum Gasteiger partial charge on any atom is -0.0584 e. The molecule has 0 nitrogen and oxygen atoms in total. The predicted octanol–water partition coefficient (Wildman–Crippen LogP) is 11.3. The Morgan fingerprint density at radius 3 is 0.575 bits per heavy atom. The summed E-state index contributed by atoms with van der Waals surface area (Å²) in [5.74, 6) is 0. The van der Waals surface area contributed by atoms with E-state index >= 15 is 0 Å². The zero-order valence-corrected chi connectivity index (χ0v) is 23.7. The van der Waals surface area contributed by atoms with E-state index in [-0.39, 0.29) is 0 Å². The molecule has 0 aliphatic carbocycles. The van der Waals surface area contributed by atoms with Crippen molar-refractivity contribution in [1.82, 2.24) is 0 Å². The summed E-state index contributed by atoms with van der Waals surface area (Å²) in [4.78, 5) is 0. The number of rotatable bonds is 5. The molecule has 0 spiro atoms. The lowest BCUT2D eigenvalue weighted by Crippen LogP contribution is -1.85. The molecule has 0 N–H and O–H groups in total. The fourth-order valence-corrected chi connectivity index (χ4v) is 5.26. The molecule has 6 aromatic rings. The van der Waals surface area contributed by atoms with Crippen molar-refractivity contribution < 1.29 is 0 Å². The standard InChI is InChI=1S/C40H34/c1-27-5-7-39(25-29(27)3)37-21-17-35(18-22-37)33-13-9-31(10-14-33)32-11-15-34(16-12-32)36-19-23-38(24-20-36)40-8-6-28(2)30(4)26-40/h5-26H,1-4H3. The molecule has 6 aromatic carbocycles.